The first-order valence-electron chi connectivity index (χ1n) is 6.13. The van der Waals surface area contributed by atoms with E-state index in [9.17, 15) is 4.79 Å². The highest BCUT2D eigenvalue weighted by molar-refractivity contribution is 5.73. The lowest BCUT2D eigenvalue weighted by molar-refractivity contribution is 0.0375. The van der Waals surface area contributed by atoms with Crippen LogP contribution >= 0.6 is 0 Å². The van der Waals surface area contributed by atoms with Crippen LogP contribution in [0.1, 0.15) is 6.42 Å². The van der Waals surface area contributed by atoms with Crippen LogP contribution in [0.4, 0.5) is 4.79 Å². The molecule has 0 saturated carbocycles. The Morgan fingerprint density at radius 1 is 1.29 bits per heavy atom. The van der Waals surface area contributed by atoms with Crippen molar-refractivity contribution >= 4 is 6.03 Å². The molecule has 1 fully saturated rings. The molecule has 6 heteroatoms. The van der Waals surface area contributed by atoms with Gasteiger partial charge in [-0.25, -0.2) is 4.79 Å². The monoisotopic (exact) mass is 245 g/mol. The van der Waals surface area contributed by atoms with Crippen LogP contribution in [0.15, 0.2) is 0 Å². The second kappa shape index (κ2) is 9.21. The van der Waals surface area contributed by atoms with Crippen LogP contribution in [-0.4, -0.2) is 70.6 Å². The second-order valence-corrected chi connectivity index (χ2v) is 3.98. The van der Waals surface area contributed by atoms with E-state index in [0.717, 1.165) is 39.3 Å². The summed E-state index contributed by atoms with van der Waals surface area (Å²) in [4.78, 5) is 13.6. The number of hydrogen-bond donors (Lipinski definition) is 2. The molecule has 0 atom stereocenters. The minimum atomic E-state index is -0.121. The summed E-state index contributed by atoms with van der Waals surface area (Å²) in [5.74, 6) is 0. The van der Waals surface area contributed by atoms with Gasteiger partial charge >= 0.3 is 6.03 Å². The third-order valence-corrected chi connectivity index (χ3v) is 2.63. The number of rotatable bonds is 7. The predicted molar refractivity (Wildman–Crippen MR) is 65.2 cm³/mol. The van der Waals surface area contributed by atoms with Gasteiger partial charge in [-0.1, -0.05) is 0 Å². The van der Waals surface area contributed by atoms with Crippen LogP contribution in [0.25, 0.3) is 0 Å². The third-order valence-electron chi connectivity index (χ3n) is 2.63. The maximum absolute atomic E-state index is 11.3. The molecule has 2 N–H and O–H groups in total. The summed E-state index contributed by atoms with van der Waals surface area (Å²) < 4.78 is 10.1. The van der Waals surface area contributed by atoms with Gasteiger partial charge in [-0.15, -0.1) is 0 Å². The molecule has 0 radical (unpaired) electrons. The Kier molecular flexibility index (Phi) is 7.70. The maximum Gasteiger partial charge on any atom is 0.314 e. The normalized spacial score (nSPS) is 16.8. The lowest BCUT2D eigenvalue weighted by Crippen LogP contribution is -2.40. The fourth-order valence-corrected chi connectivity index (χ4v) is 1.66. The Labute approximate surface area is 103 Å². The topological polar surface area (TPSA) is 62.8 Å². The van der Waals surface area contributed by atoms with E-state index in [-0.39, 0.29) is 6.03 Å². The molecule has 0 aromatic heterocycles. The van der Waals surface area contributed by atoms with E-state index in [1.54, 1.807) is 7.11 Å². The first-order chi connectivity index (χ1) is 8.33. The number of methoxy groups -OCH3 is 1. The molecule has 6 nitrogen and oxygen atoms in total. The van der Waals surface area contributed by atoms with Gasteiger partial charge in [0.15, 0.2) is 0 Å². The average Bonchev–Trinajstić information content (AvgIpc) is 2.36. The van der Waals surface area contributed by atoms with Crippen molar-refractivity contribution in [3.8, 4) is 0 Å². The summed E-state index contributed by atoms with van der Waals surface area (Å²) in [6, 6.07) is -0.121. The molecule has 2 amide bonds. The van der Waals surface area contributed by atoms with Crippen molar-refractivity contribution in [2.24, 2.45) is 0 Å². The van der Waals surface area contributed by atoms with Gasteiger partial charge in [0.1, 0.15) is 0 Å². The van der Waals surface area contributed by atoms with Crippen LogP contribution in [0.5, 0.6) is 0 Å². The number of carbonyl (C=O) groups excluding carboxylic acids is 1. The fourth-order valence-electron chi connectivity index (χ4n) is 1.66. The number of nitrogens with zero attached hydrogens (tertiary/aromatic N) is 1. The highest BCUT2D eigenvalue weighted by atomic mass is 16.5. The zero-order chi connectivity index (χ0) is 12.3. The van der Waals surface area contributed by atoms with Crippen molar-refractivity contribution in [3.63, 3.8) is 0 Å². The van der Waals surface area contributed by atoms with E-state index in [1.807, 2.05) is 0 Å². The summed E-state index contributed by atoms with van der Waals surface area (Å²) >= 11 is 0. The highest BCUT2D eigenvalue weighted by Gasteiger charge is 2.09. The van der Waals surface area contributed by atoms with E-state index < -0.39 is 0 Å². The number of morpholine rings is 1. The molecule has 1 aliphatic heterocycles. The molecular formula is C11H23N3O3. The van der Waals surface area contributed by atoms with E-state index in [1.165, 1.54) is 0 Å². The molecule has 0 spiro atoms. The Bertz CT molecular complexity index is 208. The van der Waals surface area contributed by atoms with Crippen LogP contribution in [-0.2, 0) is 9.47 Å². The van der Waals surface area contributed by atoms with Crippen LogP contribution in [0, 0.1) is 0 Å². The van der Waals surface area contributed by atoms with Crippen molar-refractivity contribution in [1.29, 1.82) is 0 Å². The van der Waals surface area contributed by atoms with E-state index >= 15 is 0 Å². The average molecular weight is 245 g/mol. The lowest BCUT2D eigenvalue weighted by atomic mass is 10.3. The first kappa shape index (κ1) is 14.2. The second-order valence-electron chi connectivity index (χ2n) is 3.98. The smallest absolute Gasteiger partial charge is 0.314 e. The number of hydrogen-bond acceptors (Lipinski definition) is 4. The minimum Gasteiger partial charge on any atom is -0.383 e. The zero-order valence-electron chi connectivity index (χ0n) is 10.5. The highest BCUT2D eigenvalue weighted by Crippen LogP contribution is 1.97. The number of amides is 2. The molecule has 0 unspecified atom stereocenters. The molecule has 17 heavy (non-hydrogen) atoms. The van der Waals surface area contributed by atoms with Gasteiger partial charge in [0.25, 0.3) is 0 Å². The number of ether oxygens (including phenoxy) is 2. The van der Waals surface area contributed by atoms with Gasteiger partial charge in [0, 0.05) is 33.3 Å². The molecule has 1 aliphatic rings. The molecule has 1 rings (SSSR count). The van der Waals surface area contributed by atoms with E-state index in [4.69, 9.17) is 9.47 Å². The van der Waals surface area contributed by atoms with Gasteiger partial charge < -0.3 is 20.1 Å². The Balaban J connectivity index is 1.90. The van der Waals surface area contributed by atoms with Crippen LogP contribution in [0.2, 0.25) is 0 Å². The molecule has 0 aromatic carbocycles. The maximum atomic E-state index is 11.3. The molecule has 0 bridgehead atoms. The summed E-state index contributed by atoms with van der Waals surface area (Å²) in [6.45, 7) is 6.46. The van der Waals surface area contributed by atoms with Crippen LogP contribution in [0.3, 0.4) is 0 Å². The van der Waals surface area contributed by atoms with Gasteiger partial charge in [0.05, 0.1) is 19.8 Å². The van der Waals surface area contributed by atoms with E-state index in [2.05, 4.69) is 15.5 Å². The summed E-state index contributed by atoms with van der Waals surface area (Å²) in [6.07, 6.45) is 0.970. The molecule has 0 aromatic rings. The Hall–Kier alpha value is -0.850. The molecule has 1 saturated heterocycles. The van der Waals surface area contributed by atoms with Gasteiger partial charge in [-0.2, -0.15) is 0 Å². The van der Waals surface area contributed by atoms with Crippen LogP contribution < -0.4 is 10.6 Å². The third kappa shape index (κ3) is 7.14. The predicted octanol–water partition coefficient (Wildman–Crippen LogP) is -0.346. The lowest BCUT2D eigenvalue weighted by Gasteiger charge is -2.26. The number of urea groups is 1. The largest absolute Gasteiger partial charge is 0.383 e. The van der Waals surface area contributed by atoms with Gasteiger partial charge in [0.2, 0.25) is 0 Å². The fraction of sp³-hybridized carbons (Fsp3) is 0.909. The van der Waals surface area contributed by atoms with Gasteiger partial charge in [-0.3, -0.25) is 4.90 Å². The van der Waals surface area contributed by atoms with Crippen molar-refractivity contribution in [2.75, 3.05) is 59.7 Å². The number of carbonyl (C=O) groups is 1. The zero-order valence-corrected chi connectivity index (χ0v) is 10.5. The van der Waals surface area contributed by atoms with Gasteiger partial charge in [-0.05, 0) is 13.0 Å². The molecule has 1 heterocycles. The first-order valence-corrected chi connectivity index (χ1v) is 6.13. The minimum absolute atomic E-state index is 0.121. The van der Waals surface area contributed by atoms with Crippen molar-refractivity contribution in [3.05, 3.63) is 0 Å². The molecule has 0 aliphatic carbocycles. The van der Waals surface area contributed by atoms with Crippen molar-refractivity contribution < 1.29 is 14.3 Å². The number of nitrogens with one attached hydrogen (secondary N) is 2. The summed E-state index contributed by atoms with van der Waals surface area (Å²) in [7, 11) is 1.61. The standard InChI is InChI=1S/C11H23N3O3/c1-16-8-4-13-11(15)12-3-2-5-14-6-9-17-10-7-14/h2-10H2,1H3,(H2,12,13,15). The van der Waals surface area contributed by atoms with Crippen molar-refractivity contribution in [2.45, 2.75) is 6.42 Å². The van der Waals surface area contributed by atoms with E-state index in [0.29, 0.717) is 19.7 Å². The SMILES string of the molecule is COCCNC(=O)NCCCN1CCOCC1. The summed E-state index contributed by atoms with van der Waals surface area (Å²) in [5, 5.41) is 5.53. The van der Waals surface area contributed by atoms with Crippen molar-refractivity contribution in [1.82, 2.24) is 15.5 Å². The quantitative estimate of drug-likeness (QED) is 0.602. The molecular weight excluding hydrogens is 222 g/mol. The summed E-state index contributed by atoms with van der Waals surface area (Å²) in [5.41, 5.74) is 0. The Morgan fingerprint density at radius 3 is 2.71 bits per heavy atom. The molecule has 100 valence electrons. The Morgan fingerprint density at radius 2 is 2.00 bits per heavy atom.